The Hall–Kier alpha value is -1.18. The first-order chi connectivity index (χ1) is 8.76. The second kappa shape index (κ2) is 8.84. The number of anilines is 1. The first kappa shape index (κ1) is 14.9. The highest BCUT2D eigenvalue weighted by Crippen LogP contribution is 2.08. The van der Waals surface area contributed by atoms with Crippen molar-refractivity contribution in [1.29, 1.82) is 0 Å². The van der Waals surface area contributed by atoms with Gasteiger partial charge in [-0.1, -0.05) is 5.10 Å². The first-order valence-electron chi connectivity index (χ1n) is 6.03. The molecule has 1 heterocycles. The minimum Gasteiger partial charge on any atom is -0.407 e. The van der Waals surface area contributed by atoms with Gasteiger partial charge in [-0.15, -0.1) is 5.10 Å². The molecule has 0 amide bonds. The van der Waals surface area contributed by atoms with E-state index < -0.39 is 0 Å². The van der Waals surface area contributed by atoms with E-state index in [2.05, 4.69) is 20.8 Å². The van der Waals surface area contributed by atoms with Gasteiger partial charge in [-0.05, 0) is 13.3 Å². The highest BCUT2D eigenvalue weighted by Gasteiger charge is 2.08. The molecule has 2 N–H and O–H groups in total. The Morgan fingerprint density at radius 1 is 1.22 bits per heavy atom. The second-order valence-corrected chi connectivity index (χ2v) is 4.00. The minimum absolute atomic E-state index is 0.236. The second-order valence-electron chi connectivity index (χ2n) is 4.00. The molecule has 0 aliphatic heterocycles. The van der Waals surface area contributed by atoms with Crippen LogP contribution in [0.3, 0.4) is 0 Å². The van der Waals surface area contributed by atoms with E-state index in [-0.39, 0.29) is 6.04 Å². The van der Waals surface area contributed by atoms with Crippen molar-refractivity contribution in [2.75, 3.05) is 39.3 Å². The molecule has 0 radical (unpaired) electrons. The van der Waals surface area contributed by atoms with Gasteiger partial charge in [0, 0.05) is 33.4 Å². The highest BCUT2D eigenvalue weighted by molar-refractivity contribution is 5.18. The quantitative estimate of drug-likeness (QED) is 0.596. The van der Waals surface area contributed by atoms with Gasteiger partial charge in [0.25, 0.3) is 0 Å². The van der Waals surface area contributed by atoms with Crippen molar-refractivity contribution in [3.63, 3.8) is 0 Å². The van der Waals surface area contributed by atoms with Crippen LogP contribution >= 0.6 is 0 Å². The van der Waals surface area contributed by atoms with Gasteiger partial charge in [-0.3, -0.25) is 0 Å². The maximum absolute atomic E-state index is 5.44. The smallest absolute Gasteiger partial charge is 0.315 e. The van der Waals surface area contributed by atoms with E-state index >= 15 is 0 Å². The predicted molar refractivity (Wildman–Crippen MR) is 67.5 cm³/mol. The summed E-state index contributed by atoms with van der Waals surface area (Å²) in [5, 5.41) is 14.1. The maximum Gasteiger partial charge on any atom is 0.315 e. The van der Waals surface area contributed by atoms with Crippen LogP contribution in [-0.4, -0.2) is 50.2 Å². The fourth-order valence-electron chi connectivity index (χ4n) is 1.33. The molecule has 1 aromatic heterocycles. The number of hydrogen-bond donors (Lipinski definition) is 2. The molecule has 104 valence electrons. The van der Waals surface area contributed by atoms with Crippen LogP contribution in [-0.2, 0) is 16.0 Å². The van der Waals surface area contributed by atoms with Crippen LogP contribution < -0.4 is 10.6 Å². The van der Waals surface area contributed by atoms with Gasteiger partial charge in [0.15, 0.2) is 0 Å². The van der Waals surface area contributed by atoms with Crippen molar-refractivity contribution in [2.24, 2.45) is 0 Å². The average molecular weight is 258 g/mol. The Labute approximate surface area is 107 Å². The molecule has 0 aliphatic rings. The van der Waals surface area contributed by atoms with Gasteiger partial charge in [0.2, 0.25) is 5.89 Å². The third-order valence-electron chi connectivity index (χ3n) is 2.35. The average Bonchev–Trinajstić information content (AvgIpc) is 2.80. The van der Waals surface area contributed by atoms with Gasteiger partial charge in [0.1, 0.15) is 0 Å². The van der Waals surface area contributed by atoms with Crippen molar-refractivity contribution in [3.05, 3.63) is 5.89 Å². The zero-order valence-electron chi connectivity index (χ0n) is 11.2. The van der Waals surface area contributed by atoms with Crippen LogP contribution in [0, 0.1) is 0 Å². The maximum atomic E-state index is 5.44. The van der Waals surface area contributed by atoms with E-state index in [9.17, 15) is 0 Å². The standard InChI is InChI=1S/C11H22N4O3/c1-9(4-6-16-2)13-11-15-14-10(18-11)8-12-5-7-17-3/h9,12H,4-8H2,1-3H3,(H,13,15). The fraction of sp³-hybridized carbons (Fsp3) is 0.818. The number of aromatic nitrogens is 2. The first-order valence-corrected chi connectivity index (χ1v) is 6.03. The Balaban J connectivity index is 2.25. The number of methoxy groups -OCH3 is 2. The topological polar surface area (TPSA) is 81.4 Å². The lowest BCUT2D eigenvalue weighted by Gasteiger charge is -2.10. The van der Waals surface area contributed by atoms with E-state index in [1.807, 2.05) is 6.92 Å². The molecule has 1 aromatic rings. The SMILES string of the molecule is COCCNCc1nnc(NC(C)CCOC)o1. The monoisotopic (exact) mass is 258 g/mol. The summed E-state index contributed by atoms with van der Waals surface area (Å²) in [6, 6.07) is 0.682. The normalized spacial score (nSPS) is 12.6. The Morgan fingerprint density at radius 3 is 2.72 bits per heavy atom. The van der Waals surface area contributed by atoms with Crippen molar-refractivity contribution < 1.29 is 13.9 Å². The molecule has 0 aliphatic carbocycles. The molecule has 7 heteroatoms. The lowest BCUT2D eigenvalue weighted by molar-refractivity contribution is 0.191. The Morgan fingerprint density at radius 2 is 2.00 bits per heavy atom. The molecule has 0 saturated carbocycles. The molecule has 1 atom stereocenters. The molecule has 0 saturated heterocycles. The Kier molecular flexibility index (Phi) is 7.31. The lowest BCUT2D eigenvalue weighted by atomic mass is 10.2. The number of nitrogens with one attached hydrogen (secondary N) is 2. The van der Waals surface area contributed by atoms with E-state index in [0.29, 0.717) is 31.7 Å². The van der Waals surface area contributed by atoms with Gasteiger partial charge in [-0.25, -0.2) is 0 Å². The summed E-state index contributed by atoms with van der Waals surface area (Å²) < 4.78 is 15.4. The summed E-state index contributed by atoms with van der Waals surface area (Å²) in [5.41, 5.74) is 0. The van der Waals surface area contributed by atoms with Gasteiger partial charge in [-0.2, -0.15) is 0 Å². The minimum atomic E-state index is 0.236. The van der Waals surface area contributed by atoms with Crippen molar-refractivity contribution >= 4 is 6.01 Å². The summed E-state index contributed by atoms with van der Waals surface area (Å²) in [4.78, 5) is 0. The molecule has 1 rings (SSSR count). The van der Waals surface area contributed by atoms with Crippen LogP contribution in [0.5, 0.6) is 0 Å². The summed E-state index contributed by atoms with van der Waals surface area (Å²) in [5.74, 6) is 0.563. The highest BCUT2D eigenvalue weighted by atomic mass is 16.5. The van der Waals surface area contributed by atoms with Crippen molar-refractivity contribution in [3.8, 4) is 0 Å². The van der Waals surface area contributed by atoms with Crippen LogP contribution in [0.25, 0.3) is 0 Å². The van der Waals surface area contributed by atoms with Crippen LogP contribution in [0.4, 0.5) is 6.01 Å². The molecular weight excluding hydrogens is 236 g/mol. The molecule has 18 heavy (non-hydrogen) atoms. The van der Waals surface area contributed by atoms with Crippen LogP contribution in [0.1, 0.15) is 19.2 Å². The molecule has 1 unspecified atom stereocenters. The van der Waals surface area contributed by atoms with Gasteiger partial charge < -0.3 is 24.5 Å². The third kappa shape index (κ3) is 5.95. The number of nitrogens with zero attached hydrogens (tertiary/aromatic N) is 2. The molecule has 0 spiro atoms. The zero-order chi connectivity index (χ0) is 13.2. The third-order valence-corrected chi connectivity index (χ3v) is 2.35. The predicted octanol–water partition coefficient (Wildman–Crippen LogP) is 0.642. The van der Waals surface area contributed by atoms with Gasteiger partial charge >= 0.3 is 6.01 Å². The summed E-state index contributed by atoms with van der Waals surface area (Å²) in [6.45, 7) is 4.71. The van der Waals surface area contributed by atoms with Gasteiger partial charge in [0.05, 0.1) is 13.2 Å². The van der Waals surface area contributed by atoms with E-state index in [1.54, 1.807) is 14.2 Å². The Bertz CT molecular complexity index is 319. The number of rotatable bonds is 10. The van der Waals surface area contributed by atoms with E-state index in [0.717, 1.165) is 13.0 Å². The zero-order valence-corrected chi connectivity index (χ0v) is 11.2. The molecular formula is C11H22N4O3. The van der Waals surface area contributed by atoms with Crippen molar-refractivity contribution in [2.45, 2.75) is 25.9 Å². The molecule has 0 fully saturated rings. The number of hydrogen-bond acceptors (Lipinski definition) is 7. The molecule has 0 aromatic carbocycles. The van der Waals surface area contributed by atoms with Crippen LogP contribution in [0.2, 0.25) is 0 Å². The van der Waals surface area contributed by atoms with E-state index in [4.69, 9.17) is 13.9 Å². The summed E-state index contributed by atoms with van der Waals surface area (Å²) in [7, 11) is 3.35. The van der Waals surface area contributed by atoms with Crippen LogP contribution in [0.15, 0.2) is 4.42 Å². The molecule has 0 bridgehead atoms. The molecule has 7 nitrogen and oxygen atoms in total. The summed E-state index contributed by atoms with van der Waals surface area (Å²) >= 11 is 0. The fourth-order valence-corrected chi connectivity index (χ4v) is 1.33. The largest absolute Gasteiger partial charge is 0.407 e. The van der Waals surface area contributed by atoms with E-state index in [1.165, 1.54) is 0 Å². The number of ether oxygens (including phenoxy) is 2. The summed E-state index contributed by atoms with van der Waals surface area (Å²) in [6.07, 6.45) is 0.889. The van der Waals surface area contributed by atoms with Crippen molar-refractivity contribution in [1.82, 2.24) is 15.5 Å². The lowest BCUT2D eigenvalue weighted by Crippen LogP contribution is -2.18.